The Hall–Kier alpha value is -0.0400. The Morgan fingerprint density at radius 1 is 0.889 bits per heavy atom. The smallest absolute Gasteiger partial charge is 0.0760 e. The molecule has 0 amide bonds. The summed E-state index contributed by atoms with van der Waals surface area (Å²) in [6.45, 7) is 2.81. The maximum Gasteiger partial charge on any atom is 0.0760 e. The molecule has 0 radical (unpaired) electrons. The standard InChI is InChI=1S/C8H15N/c1-2-8(3-1)4-6-9-7-5-8/h9H,1-7H2/p+1. The molecule has 1 spiro atoms. The molecule has 0 atom stereocenters. The van der Waals surface area contributed by atoms with Gasteiger partial charge in [-0.2, -0.15) is 0 Å². The Morgan fingerprint density at radius 3 is 1.89 bits per heavy atom. The molecule has 2 rings (SSSR count). The van der Waals surface area contributed by atoms with Crippen LogP contribution in [0.3, 0.4) is 0 Å². The van der Waals surface area contributed by atoms with Crippen molar-refractivity contribution in [1.82, 2.24) is 0 Å². The number of hydrogen-bond acceptors (Lipinski definition) is 0. The fraction of sp³-hybridized carbons (Fsp3) is 1.00. The van der Waals surface area contributed by atoms with Crippen molar-refractivity contribution in [2.45, 2.75) is 32.1 Å². The van der Waals surface area contributed by atoms with Crippen molar-refractivity contribution in [2.24, 2.45) is 5.41 Å². The van der Waals surface area contributed by atoms with E-state index in [1.165, 1.54) is 32.4 Å². The van der Waals surface area contributed by atoms with Gasteiger partial charge in [0.15, 0.2) is 0 Å². The molecule has 9 heavy (non-hydrogen) atoms. The van der Waals surface area contributed by atoms with Gasteiger partial charge in [0.05, 0.1) is 13.1 Å². The minimum absolute atomic E-state index is 0.870. The first-order valence-corrected chi connectivity index (χ1v) is 4.23. The van der Waals surface area contributed by atoms with Crippen molar-refractivity contribution in [3.05, 3.63) is 0 Å². The molecule has 1 nitrogen and oxygen atoms in total. The molecule has 1 saturated heterocycles. The summed E-state index contributed by atoms with van der Waals surface area (Å²) in [7, 11) is 0. The Kier molecular flexibility index (Phi) is 1.26. The lowest BCUT2D eigenvalue weighted by atomic mass is 9.63. The van der Waals surface area contributed by atoms with Crippen LogP contribution >= 0.6 is 0 Å². The van der Waals surface area contributed by atoms with Crippen LogP contribution in [0.25, 0.3) is 0 Å². The van der Waals surface area contributed by atoms with Gasteiger partial charge in [0.25, 0.3) is 0 Å². The van der Waals surface area contributed by atoms with Gasteiger partial charge in [-0.05, 0) is 18.3 Å². The van der Waals surface area contributed by atoms with E-state index in [1.807, 2.05) is 0 Å². The average molecular weight is 126 g/mol. The molecule has 1 aliphatic carbocycles. The van der Waals surface area contributed by atoms with Crippen molar-refractivity contribution < 1.29 is 5.32 Å². The molecule has 52 valence electrons. The van der Waals surface area contributed by atoms with E-state index < -0.39 is 0 Å². The summed E-state index contributed by atoms with van der Waals surface area (Å²) in [5.74, 6) is 0. The van der Waals surface area contributed by atoms with Crippen LogP contribution in [0.15, 0.2) is 0 Å². The second-order valence-corrected chi connectivity index (χ2v) is 3.72. The number of rotatable bonds is 0. The van der Waals surface area contributed by atoms with Gasteiger partial charge in [-0.15, -0.1) is 0 Å². The van der Waals surface area contributed by atoms with Crippen molar-refractivity contribution in [1.29, 1.82) is 0 Å². The number of quaternary nitrogens is 1. The monoisotopic (exact) mass is 126 g/mol. The highest BCUT2D eigenvalue weighted by Gasteiger charge is 2.38. The molecule has 0 aromatic rings. The minimum Gasteiger partial charge on any atom is -0.346 e. The molecule has 0 aromatic carbocycles. The van der Waals surface area contributed by atoms with Gasteiger partial charge in [-0.3, -0.25) is 0 Å². The lowest BCUT2D eigenvalue weighted by molar-refractivity contribution is -0.669. The number of piperidine rings is 1. The summed E-state index contributed by atoms with van der Waals surface area (Å²) < 4.78 is 0. The molecular formula is C8H16N+. The maximum atomic E-state index is 2.46. The summed E-state index contributed by atoms with van der Waals surface area (Å²) >= 11 is 0. The fourth-order valence-electron chi connectivity index (χ4n) is 2.26. The first-order chi connectivity index (χ1) is 4.41. The van der Waals surface area contributed by atoms with Gasteiger partial charge in [0.2, 0.25) is 0 Å². The van der Waals surface area contributed by atoms with E-state index in [0.717, 1.165) is 5.41 Å². The van der Waals surface area contributed by atoms with E-state index in [2.05, 4.69) is 5.32 Å². The normalized spacial score (nSPS) is 32.0. The van der Waals surface area contributed by atoms with E-state index in [9.17, 15) is 0 Å². The summed E-state index contributed by atoms with van der Waals surface area (Å²) in [5.41, 5.74) is 0.870. The number of hydrogen-bond donors (Lipinski definition) is 1. The molecular weight excluding hydrogens is 110 g/mol. The highest BCUT2D eigenvalue weighted by molar-refractivity contribution is 4.87. The molecule has 1 heterocycles. The summed E-state index contributed by atoms with van der Waals surface area (Å²) in [5, 5.41) is 2.46. The van der Waals surface area contributed by atoms with Crippen molar-refractivity contribution in [3.63, 3.8) is 0 Å². The second-order valence-electron chi connectivity index (χ2n) is 3.72. The van der Waals surface area contributed by atoms with Crippen LogP contribution in [0.5, 0.6) is 0 Å². The maximum absolute atomic E-state index is 2.46. The third kappa shape index (κ3) is 0.877. The largest absolute Gasteiger partial charge is 0.346 e. The van der Waals surface area contributed by atoms with Crippen LogP contribution in [0.2, 0.25) is 0 Å². The molecule has 1 heteroatoms. The average Bonchev–Trinajstić information content (AvgIpc) is 1.87. The van der Waals surface area contributed by atoms with E-state index in [-0.39, 0.29) is 0 Å². The van der Waals surface area contributed by atoms with Crippen LogP contribution in [0.4, 0.5) is 0 Å². The Bertz CT molecular complexity index is 97.1. The number of nitrogens with two attached hydrogens (primary N) is 1. The first-order valence-electron chi connectivity index (χ1n) is 4.23. The second kappa shape index (κ2) is 1.98. The molecule has 2 N–H and O–H groups in total. The molecule has 1 aliphatic heterocycles. The van der Waals surface area contributed by atoms with Crippen LogP contribution in [0, 0.1) is 5.41 Å². The lowest BCUT2D eigenvalue weighted by Gasteiger charge is -2.43. The first kappa shape index (κ1) is 5.72. The van der Waals surface area contributed by atoms with E-state index in [4.69, 9.17) is 0 Å². The molecule has 0 bridgehead atoms. The third-order valence-corrected chi connectivity index (χ3v) is 3.17. The topological polar surface area (TPSA) is 16.6 Å². The minimum atomic E-state index is 0.870. The Balaban J connectivity index is 1.93. The van der Waals surface area contributed by atoms with Crippen LogP contribution in [0.1, 0.15) is 32.1 Å². The van der Waals surface area contributed by atoms with Gasteiger partial charge < -0.3 is 5.32 Å². The zero-order valence-corrected chi connectivity index (χ0v) is 6.03. The van der Waals surface area contributed by atoms with Crippen LogP contribution in [-0.2, 0) is 0 Å². The third-order valence-electron chi connectivity index (χ3n) is 3.17. The van der Waals surface area contributed by atoms with Crippen molar-refractivity contribution in [3.8, 4) is 0 Å². The van der Waals surface area contributed by atoms with Crippen LogP contribution in [-0.4, -0.2) is 13.1 Å². The Labute approximate surface area is 56.8 Å². The zero-order chi connectivity index (χ0) is 6.16. The van der Waals surface area contributed by atoms with Gasteiger partial charge in [0, 0.05) is 12.8 Å². The summed E-state index contributed by atoms with van der Waals surface area (Å²) in [6.07, 6.45) is 7.61. The van der Waals surface area contributed by atoms with E-state index >= 15 is 0 Å². The van der Waals surface area contributed by atoms with Crippen LogP contribution < -0.4 is 5.32 Å². The molecule has 2 aliphatic rings. The predicted octanol–water partition coefficient (Wildman–Crippen LogP) is 0.514. The summed E-state index contributed by atoms with van der Waals surface area (Å²) in [6, 6.07) is 0. The van der Waals surface area contributed by atoms with Gasteiger partial charge in [-0.25, -0.2) is 0 Å². The summed E-state index contributed by atoms with van der Waals surface area (Å²) in [4.78, 5) is 0. The molecule has 0 aromatic heterocycles. The fourth-order valence-corrected chi connectivity index (χ4v) is 2.26. The Morgan fingerprint density at radius 2 is 1.56 bits per heavy atom. The quantitative estimate of drug-likeness (QED) is 0.487. The highest BCUT2D eigenvalue weighted by atomic mass is 14.9. The van der Waals surface area contributed by atoms with Gasteiger partial charge in [0.1, 0.15) is 0 Å². The lowest BCUT2D eigenvalue weighted by Crippen LogP contribution is -2.87. The van der Waals surface area contributed by atoms with Gasteiger partial charge in [-0.1, -0.05) is 6.42 Å². The van der Waals surface area contributed by atoms with Gasteiger partial charge >= 0.3 is 0 Å². The van der Waals surface area contributed by atoms with E-state index in [1.54, 1.807) is 12.8 Å². The van der Waals surface area contributed by atoms with Crippen molar-refractivity contribution >= 4 is 0 Å². The predicted molar refractivity (Wildman–Crippen MR) is 37.2 cm³/mol. The SMILES string of the molecule is C1CC2(C1)CC[NH2+]CC2. The molecule has 0 unspecified atom stereocenters. The van der Waals surface area contributed by atoms with E-state index in [0.29, 0.717) is 0 Å². The molecule has 2 fully saturated rings. The highest BCUT2D eigenvalue weighted by Crippen LogP contribution is 2.46. The zero-order valence-electron chi connectivity index (χ0n) is 6.03. The molecule has 1 saturated carbocycles. The van der Waals surface area contributed by atoms with Crippen molar-refractivity contribution in [2.75, 3.05) is 13.1 Å².